The van der Waals surface area contributed by atoms with Gasteiger partial charge in [-0.25, -0.2) is 0 Å². The number of nitro groups is 1. The van der Waals surface area contributed by atoms with E-state index in [1.54, 1.807) is 30.3 Å². The second kappa shape index (κ2) is 12.3. The maximum Gasteiger partial charge on any atom is 0.293 e. The number of imide groups is 1. The third kappa shape index (κ3) is 6.29. The number of carbonyl (C=O) groups excluding carboxylic acids is 2. The van der Waals surface area contributed by atoms with Crippen molar-refractivity contribution in [2.24, 2.45) is 0 Å². The Hall–Kier alpha value is -4.54. The van der Waals surface area contributed by atoms with Crippen LogP contribution in [0.15, 0.2) is 83.8 Å². The monoisotopic (exact) mass is 590 g/mol. The zero-order valence-corrected chi connectivity index (χ0v) is 23.3. The molecule has 0 aliphatic carbocycles. The number of nitrogens with zero attached hydrogens (tertiary/aromatic N) is 2. The molecule has 0 bridgehead atoms. The lowest BCUT2D eigenvalue weighted by Gasteiger charge is -2.14. The molecule has 41 heavy (non-hydrogen) atoms. The Morgan fingerprint density at radius 1 is 0.976 bits per heavy atom. The molecule has 0 atom stereocenters. The largest absolute Gasteiger partial charge is 0.493 e. The van der Waals surface area contributed by atoms with E-state index in [0.29, 0.717) is 22.6 Å². The fourth-order valence-corrected chi connectivity index (χ4v) is 5.43. The van der Waals surface area contributed by atoms with Gasteiger partial charge < -0.3 is 14.2 Å². The van der Waals surface area contributed by atoms with Gasteiger partial charge in [0, 0.05) is 17.5 Å². The lowest BCUT2D eigenvalue weighted by Crippen LogP contribution is -2.32. The van der Waals surface area contributed by atoms with E-state index in [-0.39, 0.29) is 41.1 Å². The van der Waals surface area contributed by atoms with Gasteiger partial charge in [0.1, 0.15) is 19.0 Å². The summed E-state index contributed by atoms with van der Waals surface area (Å²) in [4.78, 5) is 37.6. The maximum atomic E-state index is 13.0. The quantitative estimate of drug-likeness (QED) is 0.109. The number of thioether (sulfide) groups is 1. The summed E-state index contributed by atoms with van der Waals surface area (Å²) in [7, 11) is 1.44. The van der Waals surface area contributed by atoms with Crippen molar-refractivity contribution < 1.29 is 28.7 Å². The highest BCUT2D eigenvalue weighted by atomic mass is 35.5. The summed E-state index contributed by atoms with van der Waals surface area (Å²) >= 11 is 7.31. The fraction of sp³-hybridized carbons (Fsp3) is 0.133. The second-order valence-electron chi connectivity index (χ2n) is 8.91. The van der Waals surface area contributed by atoms with Crippen molar-refractivity contribution in [3.8, 4) is 17.2 Å². The highest BCUT2D eigenvalue weighted by Crippen LogP contribution is 2.39. The number of halogens is 1. The molecule has 0 spiro atoms. The molecule has 4 aromatic carbocycles. The standard InChI is InChI=1S/C30H23ClN2O7S/c1-38-26-16-20(15-24(31)28(26)40-18-19-6-4-9-22(14-19)33(36)37)17-27-29(34)32(30(35)41-27)12-13-39-25-11-5-8-21-7-2-3-10-23(21)25/h2-11,14-17H,12-13,18H2,1H3/b27-17-. The van der Waals surface area contributed by atoms with Gasteiger partial charge in [-0.05, 0) is 52.6 Å². The lowest BCUT2D eigenvalue weighted by atomic mass is 10.1. The van der Waals surface area contributed by atoms with Gasteiger partial charge in [-0.3, -0.25) is 24.6 Å². The molecule has 2 amide bonds. The number of methoxy groups -OCH3 is 1. The van der Waals surface area contributed by atoms with Crippen molar-refractivity contribution in [3.05, 3.63) is 110 Å². The molecule has 0 saturated carbocycles. The van der Waals surface area contributed by atoms with E-state index in [1.165, 1.54) is 19.2 Å². The molecule has 9 nitrogen and oxygen atoms in total. The SMILES string of the molecule is COc1cc(/C=C2\SC(=O)N(CCOc3cccc4ccccc34)C2=O)cc(Cl)c1OCc1cccc([N+](=O)[O-])c1. The first-order valence-electron chi connectivity index (χ1n) is 12.4. The number of benzene rings is 4. The number of amides is 2. The summed E-state index contributed by atoms with van der Waals surface area (Å²) in [6, 6.07) is 22.8. The molecule has 208 valence electrons. The topological polar surface area (TPSA) is 108 Å². The zero-order valence-electron chi connectivity index (χ0n) is 21.7. The lowest BCUT2D eigenvalue weighted by molar-refractivity contribution is -0.384. The van der Waals surface area contributed by atoms with Gasteiger partial charge in [0.2, 0.25) is 0 Å². The summed E-state index contributed by atoms with van der Waals surface area (Å²) in [5, 5.41) is 12.8. The van der Waals surface area contributed by atoms with Crippen LogP contribution in [0.3, 0.4) is 0 Å². The minimum absolute atomic E-state index is 0.0246. The minimum atomic E-state index is -0.481. The highest BCUT2D eigenvalue weighted by Gasteiger charge is 2.35. The first-order chi connectivity index (χ1) is 19.8. The van der Waals surface area contributed by atoms with Gasteiger partial charge in [-0.2, -0.15) is 0 Å². The van der Waals surface area contributed by atoms with Gasteiger partial charge in [-0.15, -0.1) is 0 Å². The fourth-order valence-electron chi connectivity index (χ4n) is 4.29. The Morgan fingerprint density at radius 3 is 2.56 bits per heavy atom. The molecule has 1 fully saturated rings. The first-order valence-corrected chi connectivity index (χ1v) is 13.6. The minimum Gasteiger partial charge on any atom is -0.493 e. The van der Waals surface area contributed by atoms with Crippen LogP contribution in [0.1, 0.15) is 11.1 Å². The van der Waals surface area contributed by atoms with Crippen molar-refractivity contribution in [2.75, 3.05) is 20.3 Å². The van der Waals surface area contributed by atoms with E-state index >= 15 is 0 Å². The second-order valence-corrected chi connectivity index (χ2v) is 10.3. The molecule has 1 heterocycles. The van der Waals surface area contributed by atoms with E-state index in [1.807, 2.05) is 42.5 Å². The summed E-state index contributed by atoms with van der Waals surface area (Å²) in [6.45, 7) is 0.270. The van der Waals surface area contributed by atoms with Crippen molar-refractivity contribution >= 4 is 57.0 Å². The number of hydrogen-bond acceptors (Lipinski definition) is 8. The molecule has 5 rings (SSSR count). The summed E-state index contributed by atoms with van der Waals surface area (Å²) in [6.07, 6.45) is 1.56. The van der Waals surface area contributed by atoms with Crippen LogP contribution in [-0.4, -0.2) is 41.2 Å². The number of hydrogen-bond donors (Lipinski definition) is 0. The molecule has 11 heteroatoms. The Bertz CT molecular complexity index is 1690. The predicted octanol–water partition coefficient (Wildman–Crippen LogP) is 7.10. The van der Waals surface area contributed by atoms with E-state index < -0.39 is 16.1 Å². The van der Waals surface area contributed by atoms with Crippen LogP contribution >= 0.6 is 23.4 Å². The van der Waals surface area contributed by atoms with Crippen LogP contribution in [0.5, 0.6) is 17.2 Å². The number of rotatable bonds is 10. The molecule has 4 aromatic rings. The molecule has 1 saturated heterocycles. The van der Waals surface area contributed by atoms with E-state index in [9.17, 15) is 19.7 Å². The number of carbonyl (C=O) groups is 2. The molecule has 0 aromatic heterocycles. The molecular formula is C30H23ClN2O7S. The van der Waals surface area contributed by atoms with Crippen LogP contribution in [0.25, 0.3) is 16.8 Å². The molecule has 1 aliphatic rings. The number of ether oxygens (including phenoxy) is 3. The molecule has 0 N–H and O–H groups in total. The number of non-ortho nitro benzene ring substituents is 1. The van der Waals surface area contributed by atoms with Gasteiger partial charge in [0.15, 0.2) is 11.5 Å². The Morgan fingerprint density at radius 2 is 1.76 bits per heavy atom. The van der Waals surface area contributed by atoms with Crippen molar-refractivity contribution in [2.45, 2.75) is 6.61 Å². The van der Waals surface area contributed by atoms with E-state index in [2.05, 4.69) is 0 Å². The van der Waals surface area contributed by atoms with Crippen LogP contribution in [0.2, 0.25) is 5.02 Å². The van der Waals surface area contributed by atoms with Crippen molar-refractivity contribution in [1.82, 2.24) is 4.90 Å². The third-order valence-electron chi connectivity index (χ3n) is 6.25. The van der Waals surface area contributed by atoms with Crippen molar-refractivity contribution in [3.63, 3.8) is 0 Å². The molecule has 0 radical (unpaired) electrons. The van der Waals surface area contributed by atoms with Crippen LogP contribution in [0.4, 0.5) is 10.5 Å². The van der Waals surface area contributed by atoms with Gasteiger partial charge >= 0.3 is 0 Å². The number of nitro benzene ring substituents is 1. The molecular weight excluding hydrogens is 568 g/mol. The third-order valence-corrected chi connectivity index (χ3v) is 7.44. The van der Waals surface area contributed by atoms with Gasteiger partial charge in [-0.1, -0.05) is 60.1 Å². The van der Waals surface area contributed by atoms with Crippen LogP contribution in [-0.2, 0) is 11.4 Å². The maximum absolute atomic E-state index is 13.0. The Kier molecular flexibility index (Phi) is 8.42. The molecule has 0 unspecified atom stereocenters. The van der Waals surface area contributed by atoms with Crippen LogP contribution < -0.4 is 14.2 Å². The number of fused-ring (bicyclic) bond motifs is 1. The van der Waals surface area contributed by atoms with Crippen LogP contribution in [0, 0.1) is 10.1 Å². The first kappa shape index (κ1) is 28.0. The summed E-state index contributed by atoms with van der Waals surface area (Å²) < 4.78 is 17.2. The van der Waals surface area contributed by atoms with Gasteiger partial charge in [0.25, 0.3) is 16.8 Å². The van der Waals surface area contributed by atoms with E-state index in [0.717, 1.165) is 27.4 Å². The summed E-state index contributed by atoms with van der Waals surface area (Å²) in [5.41, 5.74) is 1.07. The van der Waals surface area contributed by atoms with Crippen molar-refractivity contribution in [1.29, 1.82) is 0 Å². The Labute approximate surface area is 244 Å². The smallest absolute Gasteiger partial charge is 0.293 e. The van der Waals surface area contributed by atoms with Gasteiger partial charge in [0.05, 0.1) is 28.5 Å². The average molecular weight is 591 g/mol. The average Bonchev–Trinajstić information content (AvgIpc) is 3.23. The van der Waals surface area contributed by atoms with E-state index in [4.69, 9.17) is 25.8 Å². The Balaban J connectivity index is 1.26. The normalized spacial score (nSPS) is 14.1. The zero-order chi connectivity index (χ0) is 28.9. The predicted molar refractivity (Wildman–Crippen MR) is 158 cm³/mol. The summed E-state index contributed by atoms with van der Waals surface area (Å²) in [5.74, 6) is 0.802. The molecule has 1 aliphatic heterocycles. The highest BCUT2D eigenvalue weighted by molar-refractivity contribution is 8.18.